The van der Waals surface area contributed by atoms with Crippen molar-refractivity contribution in [3.8, 4) is 0 Å². The van der Waals surface area contributed by atoms with E-state index >= 15 is 0 Å². The van der Waals surface area contributed by atoms with Crippen LogP contribution in [-0.4, -0.2) is 75.6 Å². The first kappa shape index (κ1) is 25.9. The van der Waals surface area contributed by atoms with Crippen LogP contribution in [0.2, 0.25) is 0 Å². The number of hydrogen-bond donors (Lipinski definition) is 0. The highest BCUT2D eigenvalue weighted by molar-refractivity contribution is 5.96. The zero-order valence-corrected chi connectivity index (χ0v) is 20.5. The van der Waals surface area contributed by atoms with E-state index in [4.69, 9.17) is 4.74 Å². The minimum atomic E-state index is -0.437. The second kappa shape index (κ2) is 11.1. The summed E-state index contributed by atoms with van der Waals surface area (Å²) < 4.78 is 6.65. The van der Waals surface area contributed by atoms with Crippen LogP contribution in [0.25, 0.3) is 0 Å². The lowest BCUT2D eigenvalue weighted by Crippen LogP contribution is -2.47. The summed E-state index contributed by atoms with van der Waals surface area (Å²) in [5.74, 6) is -1.13. The Morgan fingerprint density at radius 3 is 2.51 bits per heavy atom. The molecule has 0 aliphatic carbocycles. The number of nitro groups is 1. The van der Waals surface area contributed by atoms with Gasteiger partial charge >= 0.3 is 11.7 Å². The van der Waals surface area contributed by atoms with Gasteiger partial charge in [-0.1, -0.05) is 12.1 Å². The average Bonchev–Trinajstić information content (AvgIpc) is 3.11. The molecule has 1 aromatic carbocycles. The number of esters is 1. The van der Waals surface area contributed by atoms with Gasteiger partial charge in [0.05, 0.1) is 30.5 Å². The molecule has 1 aromatic heterocycles. The number of piperidine rings is 1. The van der Waals surface area contributed by atoms with E-state index in [1.807, 2.05) is 0 Å². The van der Waals surface area contributed by atoms with Crippen LogP contribution in [0.3, 0.4) is 0 Å². The van der Waals surface area contributed by atoms with Crippen molar-refractivity contribution in [2.75, 3.05) is 33.3 Å². The van der Waals surface area contributed by atoms with Gasteiger partial charge < -0.3 is 14.5 Å². The van der Waals surface area contributed by atoms with Gasteiger partial charge in [-0.25, -0.2) is 0 Å². The summed E-state index contributed by atoms with van der Waals surface area (Å²) >= 11 is 0. The third-order valence-corrected chi connectivity index (χ3v) is 6.17. The lowest BCUT2D eigenvalue weighted by atomic mass is 9.98. The first-order chi connectivity index (χ1) is 16.6. The van der Waals surface area contributed by atoms with Crippen LogP contribution in [0.5, 0.6) is 0 Å². The van der Waals surface area contributed by atoms with Crippen molar-refractivity contribution in [3.63, 3.8) is 0 Å². The van der Waals surface area contributed by atoms with Crippen molar-refractivity contribution >= 4 is 23.5 Å². The minimum Gasteiger partial charge on any atom is -0.466 e. The lowest BCUT2D eigenvalue weighted by molar-refractivity contribution is -0.386. The number of likely N-dealkylation sites (tertiary alicyclic amines) is 1. The summed E-state index contributed by atoms with van der Waals surface area (Å²) in [7, 11) is 1.57. The second-order valence-corrected chi connectivity index (χ2v) is 8.72. The van der Waals surface area contributed by atoms with Gasteiger partial charge in [-0.15, -0.1) is 0 Å². The Morgan fingerprint density at radius 2 is 1.91 bits per heavy atom. The largest absolute Gasteiger partial charge is 0.466 e. The predicted molar refractivity (Wildman–Crippen MR) is 127 cm³/mol. The Morgan fingerprint density at radius 1 is 1.23 bits per heavy atom. The number of benzene rings is 1. The van der Waals surface area contributed by atoms with Gasteiger partial charge in [-0.2, -0.15) is 5.10 Å². The third kappa shape index (κ3) is 6.03. The SMILES string of the molecule is CCOC(=O)C1CCCN(C(=O)CN(C)C(=O)c2ccc(Cn3nc(C)c([N+](=O)[O-])c3C)cc2)C1. The van der Waals surface area contributed by atoms with Gasteiger partial charge in [-0.05, 0) is 51.3 Å². The van der Waals surface area contributed by atoms with E-state index in [2.05, 4.69) is 5.10 Å². The van der Waals surface area contributed by atoms with Crippen LogP contribution in [0.1, 0.15) is 47.1 Å². The molecule has 11 nitrogen and oxygen atoms in total. The Bertz CT molecular complexity index is 1110. The molecule has 0 saturated carbocycles. The van der Waals surface area contributed by atoms with Crippen LogP contribution < -0.4 is 0 Å². The molecule has 0 radical (unpaired) electrons. The molecule has 1 aliphatic rings. The van der Waals surface area contributed by atoms with E-state index in [9.17, 15) is 24.5 Å². The molecule has 0 bridgehead atoms. The molecule has 2 heterocycles. The fourth-order valence-corrected chi connectivity index (χ4v) is 4.28. The monoisotopic (exact) mass is 485 g/mol. The van der Waals surface area contributed by atoms with Crippen LogP contribution in [0.4, 0.5) is 5.69 Å². The van der Waals surface area contributed by atoms with E-state index in [1.165, 1.54) is 4.90 Å². The van der Waals surface area contributed by atoms with Gasteiger partial charge in [0.2, 0.25) is 5.91 Å². The zero-order valence-electron chi connectivity index (χ0n) is 20.5. The van der Waals surface area contributed by atoms with E-state index in [1.54, 1.807) is 61.7 Å². The molecular formula is C24H31N5O6. The van der Waals surface area contributed by atoms with Crippen molar-refractivity contribution < 1.29 is 24.0 Å². The number of likely N-dealkylation sites (N-methyl/N-ethyl adjacent to an activating group) is 1. The molecule has 35 heavy (non-hydrogen) atoms. The molecular weight excluding hydrogens is 454 g/mol. The molecule has 1 saturated heterocycles. The highest BCUT2D eigenvalue weighted by Crippen LogP contribution is 2.23. The number of nitrogens with zero attached hydrogens (tertiary/aromatic N) is 5. The highest BCUT2D eigenvalue weighted by atomic mass is 16.6. The topological polar surface area (TPSA) is 128 Å². The quantitative estimate of drug-likeness (QED) is 0.319. The maximum absolute atomic E-state index is 12.9. The van der Waals surface area contributed by atoms with Gasteiger partial charge in [0.25, 0.3) is 5.91 Å². The number of amides is 2. The Kier molecular flexibility index (Phi) is 8.21. The molecule has 3 rings (SSSR count). The van der Waals surface area contributed by atoms with Crippen molar-refractivity contribution in [3.05, 3.63) is 56.9 Å². The van der Waals surface area contributed by atoms with E-state index in [0.29, 0.717) is 56.0 Å². The highest BCUT2D eigenvalue weighted by Gasteiger charge is 2.30. The summed E-state index contributed by atoms with van der Waals surface area (Å²) in [6.07, 6.45) is 1.40. The van der Waals surface area contributed by atoms with Crippen LogP contribution in [-0.2, 0) is 20.9 Å². The minimum absolute atomic E-state index is 0.00497. The van der Waals surface area contributed by atoms with Crippen molar-refractivity contribution in [2.45, 2.75) is 40.2 Å². The molecule has 0 N–H and O–H groups in total. The molecule has 1 atom stereocenters. The van der Waals surface area contributed by atoms with Gasteiger partial charge in [0.15, 0.2) is 0 Å². The molecule has 1 unspecified atom stereocenters. The van der Waals surface area contributed by atoms with Crippen molar-refractivity contribution in [1.82, 2.24) is 19.6 Å². The Labute approximate surface area is 203 Å². The summed E-state index contributed by atoms with van der Waals surface area (Å²) in [6.45, 7) is 6.41. The van der Waals surface area contributed by atoms with Crippen molar-refractivity contribution in [1.29, 1.82) is 0 Å². The maximum atomic E-state index is 12.9. The summed E-state index contributed by atoms with van der Waals surface area (Å²) in [4.78, 5) is 51.4. The molecule has 188 valence electrons. The Hall–Kier alpha value is -3.76. The second-order valence-electron chi connectivity index (χ2n) is 8.72. The number of hydrogen-bond acceptors (Lipinski definition) is 7. The number of carbonyl (C=O) groups excluding carboxylic acids is 3. The van der Waals surface area contributed by atoms with Gasteiger partial charge in [0, 0.05) is 25.7 Å². The summed E-state index contributed by atoms with van der Waals surface area (Å²) in [5, 5.41) is 15.4. The van der Waals surface area contributed by atoms with E-state index in [-0.39, 0.29) is 35.9 Å². The number of rotatable bonds is 8. The lowest BCUT2D eigenvalue weighted by Gasteiger charge is -2.32. The van der Waals surface area contributed by atoms with E-state index < -0.39 is 4.92 Å². The molecule has 1 fully saturated rings. The fraction of sp³-hybridized carbons (Fsp3) is 0.500. The van der Waals surface area contributed by atoms with Gasteiger partial charge in [-0.3, -0.25) is 29.2 Å². The smallest absolute Gasteiger partial charge is 0.312 e. The van der Waals surface area contributed by atoms with E-state index in [0.717, 1.165) is 5.56 Å². The normalized spacial score (nSPS) is 15.5. The van der Waals surface area contributed by atoms with Crippen molar-refractivity contribution in [2.24, 2.45) is 5.92 Å². The summed E-state index contributed by atoms with van der Waals surface area (Å²) in [6, 6.07) is 6.85. The molecule has 2 aromatic rings. The maximum Gasteiger partial charge on any atom is 0.312 e. The number of aryl methyl sites for hydroxylation is 1. The first-order valence-electron chi connectivity index (χ1n) is 11.6. The zero-order chi connectivity index (χ0) is 25.7. The number of ether oxygens (including phenoxy) is 1. The molecule has 2 amide bonds. The predicted octanol–water partition coefficient (Wildman–Crippen LogP) is 2.33. The van der Waals surface area contributed by atoms with Gasteiger partial charge in [0.1, 0.15) is 11.4 Å². The molecule has 0 spiro atoms. The van der Waals surface area contributed by atoms with Crippen LogP contribution in [0, 0.1) is 29.9 Å². The average molecular weight is 486 g/mol. The third-order valence-electron chi connectivity index (χ3n) is 6.17. The van der Waals surface area contributed by atoms with Crippen LogP contribution in [0.15, 0.2) is 24.3 Å². The van der Waals surface area contributed by atoms with Crippen LogP contribution >= 0.6 is 0 Å². The standard InChI is InChI=1S/C24H31N5O6/c1-5-35-24(32)20-7-6-12-27(14-20)21(30)15-26(4)23(31)19-10-8-18(9-11-19)13-28-17(3)22(29(33)34)16(2)25-28/h8-11,20H,5-7,12-15H2,1-4H3. The Balaban J connectivity index is 1.59. The fourth-order valence-electron chi connectivity index (χ4n) is 4.28. The molecule has 11 heteroatoms. The summed E-state index contributed by atoms with van der Waals surface area (Å²) in [5.41, 5.74) is 2.08. The first-order valence-corrected chi connectivity index (χ1v) is 11.6. The molecule has 1 aliphatic heterocycles. The number of aromatic nitrogens is 2. The number of carbonyl (C=O) groups is 3.